The Morgan fingerprint density at radius 2 is 0.877 bits per heavy atom. The standard InChI is InChI=1S/C51H29N3O2S/c1-3-13-30(14-4-1)49-52-50(31-15-5-2-6-16-31)54-51(53-49)32-25-26-40-44(29-32)57-43-24-12-19-34(45(40)43)38-28-27-35(46-39-18-8-10-23-42(39)56-48(38)46)37-21-11-20-36-33-17-7-9-22-41(33)55-47(36)37/h1-29H. The summed E-state index contributed by atoms with van der Waals surface area (Å²) in [5.74, 6) is 1.93. The average Bonchev–Trinajstić information content (AvgIpc) is 3.98. The zero-order chi connectivity index (χ0) is 37.5. The number of furan rings is 2. The van der Waals surface area contributed by atoms with E-state index in [1.165, 1.54) is 15.5 Å². The fourth-order valence-corrected chi connectivity index (χ4v) is 9.52. The van der Waals surface area contributed by atoms with E-state index in [-0.39, 0.29) is 0 Å². The van der Waals surface area contributed by atoms with Gasteiger partial charge in [0.05, 0.1) is 0 Å². The molecule has 12 rings (SSSR count). The Hall–Kier alpha value is -7.41. The second kappa shape index (κ2) is 12.6. The molecule has 0 bridgehead atoms. The van der Waals surface area contributed by atoms with Gasteiger partial charge in [0, 0.05) is 69.5 Å². The Labute approximate surface area is 330 Å². The van der Waals surface area contributed by atoms with E-state index in [2.05, 4.69) is 97.1 Å². The second-order valence-electron chi connectivity index (χ2n) is 14.3. The quantitative estimate of drug-likeness (QED) is 0.175. The lowest BCUT2D eigenvalue weighted by Crippen LogP contribution is -1.99. The number of benzene rings is 8. The predicted octanol–water partition coefficient (Wildman–Crippen LogP) is 14.4. The van der Waals surface area contributed by atoms with Gasteiger partial charge >= 0.3 is 0 Å². The van der Waals surface area contributed by atoms with Gasteiger partial charge in [0.15, 0.2) is 17.5 Å². The van der Waals surface area contributed by atoms with Gasteiger partial charge in [-0.2, -0.15) is 0 Å². The number of hydrogen-bond donors (Lipinski definition) is 0. The number of aromatic nitrogens is 3. The molecule has 0 aliphatic heterocycles. The number of fused-ring (bicyclic) bond motifs is 9. The molecule has 8 aromatic carbocycles. The molecule has 5 nitrogen and oxygen atoms in total. The molecule has 0 saturated carbocycles. The Morgan fingerprint density at radius 1 is 0.333 bits per heavy atom. The molecule has 6 heteroatoms. The number of thiophene rings is 1. The molecule has 57 heavy (non-hydrogen) atoms. The molecule has 266 valence electrons. The van der Waals surface area contributed by atoms with Crippen LogP contribution in [0.4, 0.5) is 0 Å². The van der Waals surface area contributed by atoms with Crippen LogP contribution >= 0.6 is 11.3 Å². The van der Waals surface area contributed by atoms with Crippen LogP contribution in [0.1, 0.15) is 0 Å². The SMILES string of the molecule is c1ccc(-c2nc(-c3ccccc3)nc(-c3ccc4c(c3)sc3cccc(-c5ccc(-c6cccc7c6oc6ccccc67)c6c5oc5ccccc56)c34)n2)cc1. The lowest BCUT2D eigenvalue weighted by molar-refractivity contribution is 0.669. The Morgan fingerprint density at radius 3 is 1.63 bits per heavy atom. The second-order valence-corrected chi connectivity index (χ2v) is 15.4. The van der Waals surface area contributed by atoms with Crippen molar-refractivity contribution >= 4 is 75.4 Å². The van der Waals surface area contributed by atoms with E-state index in [9.17, 15) is 0 Å². The molecule has 0 aliphatic rings. The van der Waals surface area contributed by atoms with Crippen molar-refractivity contribution in [3.05, 3.63) is 176 Å². The highest BCUT2D eigenvalue weighted by Gasteiger charge is 2.22. The average molecular weight is 748 g/mol. The lowest BCUT2D eigenvalue weighted by Gasteiger charge is -2.10. The van der Waals surface area contributed by atoms with Crippen LogP contribution in [-0.2, 0) is 0 Å². The Bertz CT molecular complexity index is 3470. The van der Waals surface area contributed by atoms with Crippen molar-refractivity contribution in [2.24, 2.45) is 0 Å². The number of para-hydroxylation sites is 3. The summed E-state index contributed by atoms with van der Waals surface area (Å²) in [6, 6.07) is 60.8. The molecule has 0 radical (unpaired) electrons. The fraction of sp³-hybridized carbons (Fsp3) is 0. The third-order valence-corrected chi connectivity index (χ3v) is 12.1. The summed E-state index contributed by atoms with van der Waals surface area (Å²) in [4.78, 5) is 14.9. The first-order valence-electron chi connectivity index (χ1n) is 18.9. The molecule has 4 heterocycles. The van der Waals surface area contributed by atoms with E-state index >= 15 is 0 Å². The van der Waals surface area contributed by atoms with Gasteiger partial charge in [-0.1, -0.05) is 146 Å². The van der Waals surface area contributed by atoms with Gasteiger partial charge < -0.3 is 8.83 Å². The molecule has 12 aromatic rings. The van der Waals surface area contributed by atoms with Crippen molar-refractivity contribution in [2.75, 3.05) is 0 Å². The first-order chi connectivity index (χ1) is 28.2. The number of nitrogens with zero attached hydrogens (tertiary/aromatic N) is 3. The smallest absolute Gasteiger partial charge is 0.164 e. The van der Waals surface area contributed by atoms with Crippen molar-refractivity contribution < 1.29 is 8.83 Å². The topological polar surface area (TPSA) is 65.0 Å². The van der Waals surface area contributed by atoms with Crippen LogP contribution in [0.2, 0.25) is 0 Å². The zero-order valence-corrected chi connectivity index (χ0v) is 31.1. The maximum absolute atomic E-state index is 6.83. The maximum atomic E-state index is 6.83. The van der Waals surface area contributed by atoms with Crippen LogP contribution in [0.15, 0.2) is 185 Å². The minimum Gasteiger partial charge on any atom is -0.455 e. The largest absolute Gasteiger partial charge is 0.455 e. The van der Waals surface area contributed by atoms with Gasteiger partial charge in [0.1, 0.15) is 22.3 Å². The van der Waals surface area contributed by atoms with E-state index in [4.69, 9.17) is 23.8 Å². The number of hydrogen-bond acceptors (Lipinski definition) is 6. The summed E-state index contributed by atoms with van der Waals surface area (Å²) in [6.45, 7) is 0. The lowest BCUT2D eigenvalue weighted by atomic mass is 9.92. The molecule has 0 spiro atoms. The van der Waals surface area contributed by atoms with Gasteiger partial charge in [0.2, 0.25) is 0 Å². The van der Waals surface area contributed by atoms with Crippen molar-refractivity contribution in [1.82, 2.24) is 15.0 Å². The summed E-state index contributed by atoms with van der Waals surface area (Å²) >= 11 is 1.78. The van der Waals surface area contributed by atoms with Gasteiger partial charge in [0.25, 0.3) is 0 Å². The van der Waals surface area contributed by atoms with Crippen LogP contribution in [0.25, 0.3) is 120 Å². The Kier molecular flexibility index (Phi) is 7.03. The van der Waals surface area contributed by atoms with E-state index in [0.717, 1.165) is 87.5 Å². The normalized spacial score (nSPS) is 11.9. The molecule has 4 aromatic heterocycles. The summed E-state index contributed by atoms with van der Waals surface area (Å²) < 4.78 is 15.7. The third kappa shape index (κ3) is 5.04. The van der Waals surface area contributed by atoms with Crippen LogP contribution < -0.4 is 0 Å². The minimum atomic E-state index is 0.640. The van der Waals surface area contributed by atoms with Crippen LogP contribution in [0.5, 0.6) is 0 Å². The highest BCUT2D eigenvalue weighted by atomic mass is 32.1. The monoisotopic (exact) mass is 747 g/mol. The van der Waals surface area contributed by atoms with Crippen molar-refractivity contribution in [1.29, 1.82) is 0 Å². The van der Waals surface area contributed by atoms with Crippen molar-refractivity contribution in [3.63, 3.8) is 0 Å². The van der Waals surface area contributed by atoms with Gasteiger partial charge in [-0.05, 0) is 41.5 Å². The third-order valence-electron chi connectivity index (χ3n) is 11.0. The molecule has 0 N–H and O–H groups in total. The zero-order valence-electron chi connectivity index (χ0n) is 30.3. The van der Waals surface area contributed by atoms with Crippen LogP contribution in [-0.4, -0.2) is 15.0 Å². The van der Waals surface area contributed by atoms with Gasteiger partial charge in [-0.25, -0.2) is 15.0 Å². The fourth-order valence-electron chi connectivity index (χ4n) is 8.35. The molecular formula is C51H29N3O2S. The molecule has 0 amide bonds. The van der Waals surface area contributed by atoms with Crippen molar-refractivity contribution in [3.8, 4) is 56.4 Å². The molecule has 0 unspecified atom stereocenters. The highest BCUT2D eigenvalue weighted by molar-refractivity contribution is 7.26. The summed E-state index contributed by atoms with van der Waals surface area (Å²) in [6.07, 6.45) is 0. The first kappa shape index (κ1) is 31.9. The maximum Gasteiger partial charge on any atom is 0.164 e. The summed E-state index contributed by atoms with van der Waals surface area (Å²) in [5, 5.41) is 6.74. The molecule has 0 aliphatic carbocycles. The molecular weight excluding hydrogens is 719 g/mol. The summed E-state index contributed by atoms with van der Waals surface area (Å²) in [5.41, 5.74) is 10.6. The molecule has 0 saturated heterocycles. The van der Waals surface area contributed by atoms with Crippen molar-refractivity contribution in [2.45, 2.75) is 0 Å². The van der Waals surface area contributed by atoms with E-state index in [1.54, 1.807) is 11.3 Å². The summed E-state index contributed by atoms with van der Waals surface area (Å²) in [7, 11) is 0. The molecule has 0 atom stereocenters. The first-order valence-corrected chi connectivity index (χ1v) is 19.7. The van der Waals surface area contributed by atoms with E-state index < -0.39 is 0 Å². The van der Waals surface area contributed by atoms with E-state index in [1.807, 2.05) is 78.9 Å². The Balaban J connectivity index is 1.05. The van der Waals surface area contributed by atoms with Gasteiger partial charge in [-0.15, -0.1) is 11.3 Å². The van der Waals surface area contributed by atoms with Gasteiger partial charge in [-0.3, -0.25) is 0 Å². The van der Waals surface area contributed by atoms with E-state index in [0.29, 0.717) is 17.5 Å². The van der Waals surface area contributed by atoms with Crippen LogP contribution in [0.3, 0.4) is 0 Å². The minimum absolute atomic E-state index is 0.640. The van der Waals surface area contributed by atoms with Crippen LogP contribution in [0, 0.1) is 0 Å². The predicted molar refractivity (Wildman–Crippen MR) is 234 cm³/mol. The molecule has 0 fully saturated rings. The highest BCUT2D eigenvalue weighted by Crippen LogP contribution is 2.48. The number of rotatable bonds is 5.